The largest absolute Gasteiger partial charge is 0.396 e. The van der Waals surface area contributed by atoms with Gasteiger partial charge in [-0.05, 0) is 24.7 Å². The number of aromatic nitrogens is 2. The third-order valence-corrected chi connectivity index (χ3v) is 4.93. The van der Waals surface area contributed by atoms with Crippen molar-refractivity contribution in [2.45, 2.75) is 24.3 Å². The summed E-state index contributed by atoms with van der Waals surface area (Å²) < 4.78 is 28.1. The second-order valence-corrected chi connectivity index (χ2v) is 6.53. The van der Waals surface area contributed by atoms with Gasteiger partial charge in [0.25, 0.3) is 10.0 Å². The zero-order valence-electron chi connectivity index (χ0n) is 10.3. The van der Waals surface area contributed by atoms with Gasteiger partial charge in [0.15, 0.2) is 10.8 Å². The summed E-state index contributed by atoms with van der Waals surface area (Å²) in [5, 5.41) is 8.92. The maximum atomic E-state index is 12.1. The molecule has 7 nitrogen and oxygen atoms in total. The Morgan fingerprint density at radius 3 is 2.72 bits per heavy atom. The molecule has 1 aliphatic carbocycles. The smallest absolute Gasteiger partial charge is 0.260 e. The van der Waals surface area contributed by atoms with Crippen LogP contribution in [0, 0.1) is 5.41 Å². The van der Waals surface area contributed by atoms with Crippen molar-refractivity contribution < 1.29 is 13.5 Å². The van der Waals surface area contributed by atoms with E-state index in [1.807, 2.05) is 0 Å². The van der Waals surface area contributed by atoms with Crippen LogP contribution < -0.4 is 10.5 Å². The van der Waals surface area contributed by atoms with Gasteiger partial charge in [-0.2, -0.15) is 0 Å². The van der Waals surface area contributed by atoms with E-state index in [-0.39, 0.29) is 22.9 Å². The molecule has 0 radical (unpaired) electrons. The fourth-order valence-corrected chi connectivity index (χ4v) is 3.40. The van der Waals surface area contributed by atoms with Crippen LogP contribution in [-0.2, 0) is 17.1 Å². The summed E-state index contributed by atoms with van der Waals surface area (Å²) in [6.07, 6.45) is 3.87. The number of imidazole rings is 1. The van der Waals surface area contributed by atoms with Crippen molar-refractivity contribution in [1.29, 1.82) is 0 Å². The number of aliphatic hydroxyl groups is 1. The van der Waals surface area contributed by atoms with Crippen molar-refractivity contribution in [2.75, 3.05) is 18.9 Å². The number of aliphatic hydroxyl groups excluding tert-OH is 1. The van der Waals surface area contributed by atoms with E-state index in [4.69, 9.17) is 10.8 Å². The molecule has 2 rings (SSSR count). The first-order chi connectivity index (χ1) is 8.40. The van der Waals surface area contributed by atoms with Crippen LogP contribution in [0.3, 0.4) is 0 Å². The number of nitrogens with zero attached hydrogens (tertiary/aromatic N) is 2. The minimum Gasteiger partial charge on any atom is -0.396 e. The van der Waals surface area contributed by atoms with Crippen LogP contribution in [0.1, 0.15) is 19.3 Å². The van der Waals surface area contributed by atoms with E-state index in [0.29, 0.717) is 13.0 Å². The lowest BCUT2D eigenvalue weighted by molar-refractivity contribution is 0.249. The quantitative estimate of drug-likeness (QED) is 0.644. The lowest BCUT2D eigenvalue weighted by Gasteiger charge is -2.15. The molecular formula is C10H18N4O3S. The Hall–Kier alpha value is -1.12. The molecule has 1 aliphatic rings. The van der Waals surface area contributed by atoms with Crippen molar-refractivity contribution in [3.63, 3.8) is 0 Å². The molecule has 1 aromatic heterocycles. The van der Waals surface area contributed by atoms with Crippen molar-refractivity contribution in [3.05, 3.63) is 6.33 Å². The third-order valence-electron chi connectivity index (χ3n) is 3.40. The number of anilines is 1. The summed E-state index contributed by atoms with van der Waals surface area (Å²) in [5.74, 6) is -0.00277. The molecule has 0 atom stereocenters. The van der Waals surface area contributed by atoms with Crippen LogP contribution in [-0.4, -0.2) is 36.2 Å². The number of nitrogens with two attached hydrogens (primary N) is 1. The van der Waals surface area contributed by atoms with Gasteiger partial charge >= 0.3 is 0 Å². The second-order valence-electron chi connectivity index (χ2n) is 4.84. The predicted octanol–water partition coefficient (Wildman–Crippen LogP) is -0.557. The van der Waals surface area contributed by atoms with E-state index >= 15 is 0 Å². The van der Waals surface area contributed by atoms with E-state index in [0.717, 1.165) is 12.8 Å². The zero-order chi connectivity index (χ0) is 13.4. The van der Waals surface area contributed by atoms with Crippen molar-refractivity contribution in [1.82, 2.24) is 14.3 Å². The summed E-state index contributed by atoms with van der Waals surface area (Å²) in [4.78, 5) is 3.76. The van der Waals surface area contributed by atoms with Crippen molar-refractivity contribution in [3.8, 4) is 0 Å². The van der Waals surface area contributed by atoms with Gasteiger partial charge in [-0.3, -0.25) is 0 Å². The minimum atomic E-state index is -3.65. The van der Waals surface area contributed by atoms with E-state index in [1.165, 1.54) is 10.9 Å². The molecule has 18 heavy (non-hydrogen) atoms. The van der Waals surface area contributed by atoms with Crippen LogP contribution in [0.5, 0.6) is 0 Å². The Labute approximate surface area is 106 Å². The number of nitrogens with one attached hydrogen (secondary N) is 1. The Kier molecular flexibility index (Phi) is 3.35. The molecule has 1 heterocycles. The van der Waals surface area contributed by atoms with Crippen LogP contribution in [0.15, 0.2) is 11.4 Å². The summed E-state index contributed by atoms with van der Waals surface area (Å²) in [5.41, 5.74) is 5.48. The number of aryl methyl sites for hydroxylation is 1. The predicted molar refractivity (Wildman–Crippen MR) is 66.2 cm³/mol. The summed E-state index contributed by atoms with van der Waals surface area (Å²) in [6.45, 7) is 0.413. The van der Waals surface area contributed by atoms with E-state index in [2.05, 4.69) is 9.71 Å². The number of nitrogen functional groups attached to an aromatic ring is 1. The summed E-state index contributed by atoms with van der Waals surface area (Å²) in [7, 11) is -2.06. The molecule has 1 aromatic rings. The second kappa shape index (κ2) is 4.52. The van der Waals surface area contributed by atoms with Crippen LogP contribution in [0.25, 0.3) is 0 Å². The fraction of sp³-hybridized carbons (Fsp3) is 0.700. The number of hydrogen-bond donors (Lipinski definition) is 3. The average Bonchev–Trinajstić information content (AvgIpc) is 2.97. The minimum absolute atomic E-state index is 0.00277. The topological polar surface area (TPSA) is 110 Å². The highest BCUT2D eigenvalue weighted by Crippen LogP contribution is 2.48. The monoisotopic (exact) mass is 274 g/mol. The fourth-order valence-electron chi connectivity index (χ4n) is 2.01. The molecule has 8 heteroatoms. The molecule has 102 valence electrons. The van der Waals surface area contributed by atoms with Crippen molar-refractivity contribution >= 4 is 15.8 Å². The third kappa shape index (κ3) is 2.50. The van der Waals surface area contributed by atoms with Gasteiger partial charge < -0.3 is 15.4 Å². The van der Waals surface area contributed by atoms with Gasteiger partial charge in [-0.25, -0.2) is 18.1 Å². The lowest BCUT2D eigenvalue weighted by atomic mass is 10.0. The molecular weight excluding hydrogens is 256 g/mol. The highest BCUT2D eigenvalue weighted by molar-refractivity contribution is 7.89. The van der Waals surface area contributed by atoms with Gasteiger partial charge in [0.05, 0.1) is 6.33 Å². The zero-order valence-corrected chi connectivity index (χ0v) is 11.1. The van der Waals surface area contributed by atoms with Gasteiger partial charge in [0.1, 0.15) is 0 Å². The van der Waals surface area contributed by atoms with Gasteiger partial charge in [0.2, 0.25) is 0 Å². The molecule has 1 saturated carbocycles. The maximum Gasteiger partial charge on any atom is 0.260 e. The highest BCUT2D eigenvalue weighted by atomic mass is 32.2. The molecule has 0 aromatic carbocycles. The average molecular weight is 274 g/mol. The Morgan fingerprint density at radius 2 is 2.28 bits per heavy atom. The van der Waals surface area contributed by atoms with Gasteiger partial charge in [-0.1, -0.05) is 0 Å². The molecule has 0 unspecified atom stereocenters. The molecule has 0 spiro atoms. The SMILES string of the molecule is Cn1cnc(N)c1S(=O)(=O)NCC1(CCO)CC1. The number of sulfonamides is 1. The molecule has 4 N–H and O–H groups in total. The first kappa shape index (κ1) is 13.3. The maximum absolute atomic E-state index is 12.1. The molecule has 0 saturated heterocycles. The lowest BCUT2D eigenvalue weighted by Crippen LogP contribution is -2.32. The highest BCUT2D eigenvalue weighted by Gasteiger charge is 2.42. The van der Waals surface area contributed by atoms with Crippen LogP contribution in [0.2, 0.25) is 0 Å². The molecule has 0 bridgehead atoms. The summed E-state index contributed by atoms with van der Waals surface area (Å²) >= 11 is 0. The first-order valence-electron chi connectivity index (χ1n) is 5.78. The first-order valence-corrected chi connectivity index (χ1v) is 7.26. The molecule has 0 aliphatic heterocycles. The molecule has 1 fully saturated rings. The van der Waals surface area contributed by atoms with Gasteiger partial charge in [-0.15, -0.1) is 0 Å². The Balaban J connectivity index is 2.09. The van der Waals surface area contributed by atoms with Crippen LogP contribution >= 0.6 is 0 Å². The number of rotatable bonds is 6. The van der Waals surface area contributed by atoms with Crippen LogP contribution in [0.4, 0.5) is 5.82 Å². The normalized spacial score (nSPS) is 17.9. The van der Waals surface area contributed by atoms with Crippen molar-refractivity contribution in [2.24, 2.45) is 12.5 Å². The summed E-state index contributed by atoms with van der Waals surface area (Å²) in [6, 6.07) is 0. The number of hydrogen-bond acceptors (Lipinski definition) is 5. The van der Waals surface area contributed by atoms with Gasteiger partial charge in [0, 0.05) is 20.2 Å². The Bertz CT molecular complexity index is 514. The Morgan fingerprint density at radius 1 is 1.61 bits per heavy atom. The standard InChI is InChI=1S/C10H18N4O3S/c1-14-7-12-8(11)9(14)18(16,17)13-6-10(2-3-10)4-5-15/h7,13,15H,2-6,11H2,1H3. The van der Waals surface area contributed by atoms with E-state index in [1.54, 1.807) is 7.05 Å². The molecule has 0 amide bonds. The van der Waals surface area contributed by atoms with E-state index < -0.39 is 10.0 Å². The van der Waals surface area contributed by atoms with E-state index in [9.17, 15) is 8.42 Å².